The number of rotatable bonds is 4. The van der Waals surface area contributed by atoms with E-state index in [0.29, 0.717) is 24.7 Å². The Morgan fingerprint density at radius 2 is 2.41 bits per heavy atom. The number of nitrogens with zero attached hydrogens (tertiary/aromatic N) is 2. The maximum atomic E-state index is 12.0. The fourth-order valence-electron chi connectivity index (χ4n) is 2.11. The van der Waals surface area contributed by atoms with Crippen LogP contribution in [0.25, 0.3) is 0 Å². The van der Waals surface area contributed by atoms with Gasteiger partial charge in [0.05, 0.1) is 29.4 Å². The molecule has 0 N–H and O–H groups in total. The van der Waals surface area contributed by atoms with E-state index in [9.17, 15) is 4.79 Å². The Kier molecular flexibility index (Phi) is 3.84. The van der Waals surface area contributed by atoms with Crippen LogP contribution in [0, 0.1) is 5.92 Å². The monoisotopic (exact) mass is 256 g/mol. The number of ketones is 1. The number of carbonyl (C=O) groups excluding carboxylic acids is 1. The Balaban J connectivity index is 2.12. The van der Waals surface area contributed by atoms with E-state index >= 15 is 0 Å². The standard InChI is InChI=1S/C12H17ClN2O2/c1-3-9-12(13)10(15(2)14-9)6-11(16)8-4-5-17-7-8/h8H,3-7H2,1-2H3. The van der Waals surface area contributed by atoms with E-state index in [2.05, 4.69) is 5.10 Å². The van der Waals surface area contributed by atoms with Crippen LogP contribution < -0.4 is 0 Å². The molecule has 4 nitrogen and oxygen atoms in total. The number of ether oxygens (including phenoxy) is 1. The van der Waals surface area contributed by atoms with E-state index in [1.165, 1.54) is 0 Å². The van der Waals surface area contributed by atoms with E-state index in [0.717, 1.165) is 24.2 Å². The molecule has 0 saturated carbocycles. The van der Waals surface area contributed by atoms with Gasteiger partial charge < -0.3 is 4.74 Å². The van der Waals surface area contributed by atoms with Crippen LogP contribution in [0.15, 0.2) is 0 Å². The molecule has 17 heavy (non-hydrogen) atoms. The number of carbonyl (C=O) groups is 1. The first-order valence-corrected chi connectivity index (χ1v) is 6.32. The molecule has 1 atom stereocenters. The van der Waals surface area contributed by atoms with Gasteiger partial charge in [0.2, 0.25) is 0 Å². The van der Waals surface area contributed by atoms with Crippen molar-refractivity contribution in [3.63, 3.8) is 0 Å². The molecule has 94 valence electrons. The van der Waals surface area contributed by atoms with Crippen LogP contribution in [0.5, 0.6) is 0 Å². The zero-order valence-electron chi connectivity index (χ0n) is 10.2. The molecule has 1 fully saturated rings. The van der Waals surface area contributed by atoms with E-state index in [4.69, 9.17) is 16.3 Å². The summed E-state index contributed by atoms with van der Waals surface area (Å²) in [7, 11) is 1.83. The van der Waals surface area contributed by atoms with Gasteiger partial charge >= 0.3 is 0 Å². The lowest BCUT2D eigenvalue weighted by atomic mass is 9.99. The highest BCUT2D eigenvalue weighted by Crippen LogP contribution is 2.23. The Morgan fingerprint density at radius 1 is 1.65 bits per heavy atom. The lowest BCUT2D eigenvalue weighted by Gasteiger charge is -2.07. The summed E-state index contributed by atoms with van der Waals surface area (Å²) in [5.74, 6) is 0.237. The molecule has 1 unspecified atom stereocenters. The number of aromatic nitrogens is 2. The number of halogens is 1. The Hall–Kier alpha value is -0.870. The zero-order valence-corrected chi connectivity index (χ0v) is 11.0. The van der Waals surface area contributed by atoms with Crippen LogP contribution in [0.1, 0.15) is 24.7 Å². The Morgan fingerprint density at radius 3 is 2.94 bits per heavy atom. The Labute approximate surface area is 106 Å². The molecule has 0 aliphatic carbocycles. The molecular weight excluding hydrogens is 240 g/mol. The third-order valence-corrected chi connectivity index (χ3v) is 3.67. The fraction of sp³-hybridized carbons (Fsp3) is 0.667. The van der Waals surface area contributed by atoms with Gasteiger partial charge in [-0.05, 0) is 12.8 Å². The lowest BCUT2D eigenvalue weighted by Crippen LogP contribution is -2.18. The molecule has 0 aromatic carbocycles. The smallest absolute Gasteiger partial charge is 0.144 e. The topological polar surface area (TPSA) is 44.1 Å². The lowest BCUT2D eigenvalue weighted by molar-refractivity contribution is -0.122. The molecule has 2 rings (SSSR count). The van der Waals surface area contributed by atoms with Gasteiger partial charge in [0.15, 0.2) is 0 Å². The van der Waals surface area contributed by atoms with Crippen molar-refractivity contribution in [3.05, 3.63) is 16.4 Å². The molecule has 0 radical (unpaired) electrons. The van der Waals surface area contributed by atoms with E-state index < -0.39 is 0 Å². The molecule has 2 heterocycles. The predicted octanol–water partition coefficient (Wildman–Crippen LogP) is 1.78. The summed E-state index contributed by atoms with van der Waals surface area (Å²) in [4.78, 5) is 12.0. The number of hydrogen-bond donors (Lipinski definition) is 0. The quantitative estimate of drug-likeness (QED) is 0.825. The molecule has 1 aromatic rings. The van der Waals surface area contributed by atoms with E-state index in [-0.39, 0.29) is 11.7 Å². The summed E-state index contributed by atoms with van der Waals surface area (Å²) in [6.07, 6.45) is 1.97. The van der Waals surface area contributed by atoms with Crippen molar-refractivity contribution in [1.82, 2.24) is 9.78 Å². The van der Waals surface area contributed by atoms with Crippen LogP contribution in [0.3, 0.4) is 0 Å². The minimum atomic E-state index is 0.0334. The predicted molar refractivity (Wildman–Crippen MR) is 65.2 cm³/mol. The van der Waals surface area contributed by atoms with Gasteiger partial charge in [0, 0.05) is 19.6 Å². The zero-order chi connectivity index (χ0) is 12.4. The van der Waals surface area contributed by atoms with Gasteiger partial charge in [0.25, 0.3) is 0 Å². The maximum absolute atomic E-state index is 12.0. The van der Waals surface area contributed by atoms with E-state index in [1.54, 1.807) is 4.68 Å². The summed E-state index contributed by atoms with van der Waals surface area (Å²) in [5, 5.41) is 4.95. The van der Waals surface area contributed by atoms with Crippen molar-refractivity contribution in [2.24, 2.45) is 13.0 Å². The maximum Gasteiger partial charge on any atom is 0.144 e. The van der Waals surface area contributed by atoms with Crippen LogP contribution in [0.2, 0.25) is 5.02 Å². The first kappa shape index (κ1) is 12.6. The SMILES string of the molecule is CCc1nn(C)c(CC(=O)C2CCOC2)c1Cl. The van der Waals surface area contributed by atoms with Gasteiger partial charge in [0.1, 0.15) is 5.78 Å². The molecule has 0 spiro atoms. The minimum Gasteiger partial charge on any atom is -0.381 e. The van der Waals surface area contributed by atoms with Gasteiger partial charge in [-0.25, -0.2) is 0 Å². The van der Waals surface area contributed by atoms with Crippen molar-refractivity contribution in [1.29, 1.82) is 0 Å². The molecule has 0 bridgehead atoms. The highest BCUT2D eigenvalue weighted by molar-refractivity contribution is 6.32. The van der Waals surface area contributed by atoms with Gasteiger partial charge in [-0.1, -0.05) is 18.5 Å². The second-order valence-electron chi connectivity index (χ2n) is 4.39. The summed E-state index contributed by atoms with van der Waals surface area (Å²) in [6.45, 7) is 3.25. The van der Waals surface area contributed by atoms with Crippen molar-refractivity contribution in [3.8, 4) is 0 Å². The summed E-state index contributed by atoms with van der Waals surface area (Å²) >= 11 is 6.21. The van der Waals surface area contributed by atoms with Gasteiger partial charge in [-0.2, -0.15) is 5.10 Å². The summed E-state index contributed by atoms with van der Waals surface area (Å²) < 4.78 is 6.94. The van der Waals surface area contributed by atoms with Crippen molar-refractivity contribution >= 4 is 17.4 Å². The number of aryl methyl sites for hydroxylation is 2. The summed E-state index contributed by atoms with van der Waals surface area (Å²) in [6, 6.07) is 0. The second-order valence-corrected chi connectivity index (χ2v) is 4.77. The highest BCUT2D eigenvalue weighted by Gasteiger charge is 2.25. The first-order chi connectivity index (χ1) is 8.13. The molecule has 1 aliphatic heterocycles. The highest BCUT2D eigenvalue weighted by atomic mass is 35.5. The second kappa shape index (κ2) is 5.19. The fourth-order valence-corrected chi connectivity index (χ4v) is 2.47. The van der Waals surface area contributed by atoms with E-state index in [1.807, 2.05) is 14.0 Å². The van der Waals surface area contributed by atoms with Gasteiger partial charge in [-0.3, -0.25) is 9.48 Å². The first-order valence-electron chi connectivity index (χ1n) is 5.94. The Bertz CT molecular complexity index is 422. The molecule has 1 aromatic heterocycles. The van der Waals surface area contributed by atoms with Crippen LogP contribution in [-0.2, 0) is 29.4 Å². The van der Waals surface area contributed by atoms with Crippen molar-refractivity contribution in [2.75, 3.05) is 13.2 Å². The average Bonchev–Trinajstić information content (AvgIpc) is 2.92. The molecular formula is C12H17ClN2O2. The van der Waals surface area contributed by atoms with Gasteiger partial charge in [-0.15, -0.1) is 0 Å². The molecule has 1 saturated heterocycles. The number of Topliss-reactive ketones (excluding diaryl/α,β-unsaturated/α-hetero) is 1. The average molecular weight is 257 g/mol. The third-order valence-electron chi connectivity index (χ3n) is 3.23. The number of hydrogen-bond acceptors (Lipinski definition) is 3. The van der Waals surface area contributed by atoms with Crippen LogP contribution >= 0.6 is 11.6 Å². The molecule has 1 aliphatic rings. The minimum absolute atomic E-state index is 0.0334. The van der Waals surface area contributed by atoms with Crippen molar-refractivity contribution < 1.29 is 9.53 Å². The third kappa shape index (κ3) is 2.53. The van der Waals surface area contributed by atoms with Crippen molar-refractivity contribution in [2.45, 2.75) is 26.2 Å². The molecule has 0 amide bonds. The largest absolute Gasteiger partial charge is 0.381 e. The van der Waals surface area contributed by atoms with Crippen LogP contribution in [0.4, 0.5) is 0 Å². The normalized spacial score (nSPS) is 19.8. The molecule has 5 heteroatoms. The summed E-state index contributed by atoms with van der Waals surface area (Å²) in [5.41, 5.74) is 1.68. The van der Waals surface area contributed by atoms with Crippen LogP contribution in [-0.4, -0.2) is 28.8 Å².